The highest BCUT2D eigenvalue weighted by atomic mass is 35.5. The molecule has 1 amide bonds. The molecule has 0 aliphatic carbocycles. The van der Waals surface area contributed by atoms with Crippen molar-refractivity contribution in [2.24, 2.45) is 5.92 Å². The van der Waals surface area contributed by atoms with Crippen molar-refractivity contribution in [3.8, 4) is 0 Å². The van der Waals surface area contributed by atoms with E-state index in [1.165, 1.54) is 0 Å². The molecule has 0 unspecified atom stereocenters. The molecule has 6 heteroatoms. The molecule has 0 bridgehead atoms. The molecule has 0 radical (unpaired) electrons. The summed E-state index contributed by atoms with van der Waals surface area (Å²) >= 11 is 5.69. The molecule has 1 aromatic carbocycles. The van der Waals surface area contributed by atoms with Gasteiger partial charge in [-0.25, -0.2) is 0 Å². The van der Waals surface area contributed by atoms with Gasteiger partial charge in [-0.1, -0.05) is 11.6 Å². The molecule has 0 aliphatic rings. The molecule has 5 nitrogen and oxygen atoms in total. The number of hydrogen-bond acceptors (Lipinski definition) is 3. The smallest absolute Gasteiger partial charge is 0.308 e. The van der Waals surface area contributed by atoms with E-state index in [4.69, 9.17) is 21.8 Å². The third kappa shape index (κ3) is 4.35. The summed E-state index contributed by atoms with van der Waals surface area (Å²) in [6.07, 6.45) is 0.186. The number of rotatable bonds is 6. The first-order valence-electron chi connectivity index (χ1n) is 5.42. The van der Waals surface area contributed by atoms with E-state index in [0.717, 1.165) is 0 Å². The van der Waals surface area contributed by atoms with Crippen molar-refractivity contribution in [1.29, 1.82) is 0 Å². The minimum absolute atomic E-state index is 0.186. The van der Waals surface area contributed by atoms with Gasteiger partial charge in [0.2, 0.25) is 0 Å². The molecule has 0 aromatic heterocycles. The van der Waals surface area contributed by atoms with Crippen LogP contribution in [0.4, 0.5) is 0 Å². The summed E-state index contributed by atoms with van der Waals surface area (Å²) in [7, 11) is 0. The maximum absolute atomic E-state index is 11.6. The van der Waals surface area contributed by atoms with Gasteiger partial charge >= 0.3 is 5.97 Å². The van der Waals surface area contributed by atoms with E-state index in [1.807, 2.05) is 0 Å². The van der Waals surface area contributed by atoms with Crippen molar-refractivity contribution < 1.29 is 19.8 Å². The number of carboxylic acid groups (broad SMARTS) is 1. The number of aliphatic carboxylic acids is 1. The normalized spacial score (nSPS) is 11.9. The summed E-state index contributed by atoms with van der Waals surface area (Å²) in [5.74, 6) is -2.22. The lowest BCUT2D eigenvalue weighted by Crippen LogP contribution is -2.29. The minimum atomic E-state index is -1.07. The van der Waals surface area contributed by atoms with Crippen molar-refractivity contribution in [3.05, 3.63) is 34.9 Å². The number of halogens is 1. The standard InChI is InChI=1S/C12H14ClNO4/c13-10-3-1-8(2-4-10)11(16)14-6-5-9(7-15)12(17)18/h1-4,9,15H,5-7H2,(H,14,16)(H,17,18)/t9-/m1/s1. The van der Waals surface area contributed by atoms with Gasteiger partial charge in [-0.3, -0.25) is 9.59 Å². The summed E-state index contributed by atoms with van der Waals surface area (Å²) < 4.78 is 0. The Morgan fingerprint density at radius 3 is 2.39 bits per heavy atom. The van der Waals surface area contributed by atoms with E-state index in [0.29, 0.717) is 10.6 Å². The van der Waals surface area contributed by atoms with Crippen LogP contribution in [-0.4, -0.2) is 35.2 Å². The van der Waals surface area contributed by atoms with Crippen molar-refractivity contribution in [2.45, 2.75) is 6.42 Å². The number of amides is 1. The van der Waals surface area contributed by atoms with Crippen molar-refractivity contribution in [2.75, 3.05) is 13.2 Å². The Labute approximate surface area is 109 Å². The molecule has 0 saturated heterocycles. The maximum atomic E-state index is 11.6. The van der Waals surface area contributed by atoms with Crippen molar-refractivity contribution in [3.63, 3.8) is 0 Å². The van der Waals surface area contributed by atoms with Crippen LogP contribution in [0.3, 0.4) is 0 Å². The van der Waals surface area contributed by atoms with Crippen LogP contribution in [0.2, 0.25) is 5.02 Å². The minimum Gasteiger partial charge on any atom is -0.481 e. The molecule has 1 aromatic rings. The van der Waals surface area contributed by atoms with Gasteiger partial charge in [-0.05, 0) is 30.7 Å². The quantitative estimate of drug-likeness (QED) is 0.724. The Kier molecular flexibility index (Phi) is 5.61. The fourth-order valence-corrected chi connectivity index (χ4v) is 1.48. The molecular formula is C12H14ClNO4. The van der Waals surface area contributed by atoms with E-state index in [2.05, 4.69) is 5.32 Å². The Morgan fingerprint density at radius 2 is 1.89 bits per heavy atom. The van der Waals surface area contributed by atoms with Gasteiger partial charge in [-0.15, -0.1) is 0 Å². The number of hydrogen-bond donors (Lipinski definition) is 3. The maximum Gasteiger partial charge on any atom is 0.308 e. The second-order valence-electron chi connectivity index (χ2n) is 3.77. The number of aliphatic hydroxyl groups is 1. The molecule has 0 heterocycles. The molecule has 0 saturated carbocycles. The summed E-state index contributed by atoms with van der Waals surface area (Å²) in [5, 5.41) is 20.6. The van der Waals surface area contributed by atoms with Crippen molar-refractivity contribution in [1.82, 2.24) is 5.32 Å². The molecular weight excluding hydrogens is 258 g/mol. The zero-order valence-corrected chi connectivity index (χ0v) is 10.4. The third-order valence-electron chi connectivity index (χ3n) is 2.45. The van der Waals surface area contributed by atoms with Crippen LogP contribution < -0.4 is 5.32 Å². The van der Waals surface area contributed by atoms with Crippen LogP contribution in [0, 0.1) is 5.92 Å². The Bertz CT molecular complexity index is 419. The van der Waals surface area contributed by atoms with Crippen LogP contribution >= 0.6 is 11.6 Å². The topological polar surface area (TPSA) is 86.6 Å². The lowest BCUT2D eigenvalue weighted by Gasteiger charge is -2.09. The van der Waals surface area contributed by atoms with Crippen molar-refractivity contribution >= 4 is 23.5 Å². The summed E-state index contributed by atoms with van der Waals surface area (Å²) in [6, 6.07) is 6.37. The van der Waals surface area contributed by atoms with Crippen LogP contribution in [0.5, 0.6) is 0 Å². The lowest BCUT2D eigenvalue weighted by atomic mass is 10.1. The van der Waals surface area contributed by atoms with E-state index < -0.39 is 18.5 Å². The lowest BCUT2D eigenvalue weighted by molar-refractivity contribution is -0.143. The van der Waals surface area contributed by atoms with Gasteiger partial charge in [0.05, 0.1) is 12.5 Å². The number of nitrogens with one attached hydrogen (secondary N) is 1. The van der Waals surface area contributed by atoms with Gasteiger partial charge < -0.3 is 15.5 Å². The number of aliphatic hydroxyl groups excluding tert-OH is 1. The van der Waals surface area contributed by atoms with Crippen LogP contribution in [-0.2, 0) is 4.79 Å². The Hall–Kier alpha value is -1.59. The highest BCUT2D eigenvalue weighted by Crippen LogP contribution is 2.09. The third-order valence-corrected chi connectivity index (χ3v) is 2.71. The SMILES string of the molecule is O=C(NCC[C@H](CO)C(=O)O)c1ccc(Cl)cc1. The molecule has 18 heavy (non-hydrogen) atoms. The molecule has 1 atom stereocenters. The predicted molar refractivity (Wildman–Crippen MR) is 66.6 cm³/mol. The molecule has 98 valence electrons. The van der Waals surface area contributed by atoms with Gasteiger partial charge in [0.25, 0.3) is 5.91 Å². The first-order valence-corrected chi connectivity index (χ1v) is 5.80. The van der Waals surface area contributed by atoms with Crippen LogP contribution in [0.1, 0.15) is 16.8 Å². The van der Waals surface area contributed by atoms with E-state index in [1.54, 1.807) is 24.3 Å². The largest absolute Gasteiger partial charge is 0.481 e. The molecule has 0 aliphatic heterocycles. The second kappa shape index (κ2) is 6.98. The van der Waals surface area contributed by atoms with Crippen LogP contribution in [0.25, 0.3) is 0 Å². The molecule has 1 rings (SSSR count). The summed E-state index contributed by atoms with van der Waals surface area (Å²) in [5.41, 5.74) is 0.454. The Balaban J connectivity index is 2.42. The first-order chi connectivity index (χ1) is 8.54. The van der Waals surface area contributed by atoms with E-state index in [9.17, 15) is 9.59 Å². The zero-order chi connectivity index (χ0) is 13.5. The van der Waals surface area contributed by atoms with E-state index in [-0.39, 0.29) is 18.9 Å². The highest BCUT2D eigenvalue weighted by Gasteiger charge is 2.16. The Morgan fingerprint density at radius 1 is 1.28 bits per heavy atom. The summed E-state index contributed by atoms with van der Waals surface area (Å²) in [4.78, 5) is 22.3. The first kappa shape index (κ1) is 14.5. The molecule has 0 fully saturated rings. The van der Waals surface area contributed by atoms with Gasteiger partial charge in [-0.2, -0.15) is 0 Å². The van der Waals surface area contributed by atoms with Crippen LogP contribution in [0.15, 0.2) is 24.3 Å². The number of benzene rings is 1. The number of carbonyl (C=O) groups is 2. The zero-order valence-electron chi connectivity index (χ0n) is 9.60. The average molecular weight is 272 g/mol. The number of carbonyl (C=O) groups excluding carboxylic acids is 1. The summed E-state index contributed by atoms with van der Waals surface area (Å²) in [6.45, 7) is -0.245. The monoisotopic (exact) mass is 271 g/mol. The fourth-order valence-electron chi connectivity index (χ4n) is 1.36. The predicted octanol–water partition coefficient (Wildman–Crippen LogP) is 1.15. The van der Waals surface area contributed by atoms with E-state index >= 15 is 0 Å². The highest BCUT2D eigenvalue weighted by molar-refractivity contribution is 6.30. The number of carboxylic acids is 1. The molecule has 0 spiro atoms. The van der Waals surface area contributed by atoms with Gasteiger partial charge in [0.15, 0.2) is 0 Å². The fraction of sp³-hybridized carbons (Fsp3) is 0.333. The average Bonchev–Trinajstić information content (AvgIpc) is 2.34. The molecule has 3 N–H and O–H groups in total. The van der Waals surface area contributed by atoms with Gasteiger partial charge in [0.1, 0.15) is 0 Å². The van der Waals surface area contributed by atoms with Gasteiger partial charge in [0, 0.05) is 17.1 Å². The second-order valence-corrected chi connectivity index (χ2v) is 4.21.